The van der Waals surface area contributed by atoms with Crippen LogP contribution in [0.2, 0.25) is 0 Å². The van der Waals surface area contributed by atoms with E-state index in [1.165, 1.54) is 17.3 Å². The first-order valence-corrected chi connectivity index (χ1v) is 11.4. The van der Waals surface area contributed by atoms with Crippen LogP contribution in [0.4, 0.5) is 0 Å². The van der Waals surface area contributed by atoms with E-state index in [4.69, 9.17) is 0 Å². The quantitative estimate of drug-likeness (QED) is 0.479. The van der Waals surface area contributed by atoms with Gasteiger partial charge in [-0.3, -0.25) is 19.3 Å². The van der Waals surface area contributed by atoms with Gasteiger partial charge in [-0.2, -0.15) is 0 Å². The lowest BCUT2D eigenvalue weighted by Gasteiger charge is -2.49. The third kappa shape index (κ3) is 3.98. The van der Waals surface area contributed by atoms with Gasteiger partial charge in [-0.05, 0) is 17.3 Å². The topological polar surface area (TPSA) is 130 Å². The molecular formula is C18H14N4O5S3. The molecule has 0 saturated carbocycles. The van der Waals surface area contributed by atoms with Gasteiger partial charge in [0.2, 0.25) is 11.0 Å². The van der Waals surface area contributed by atoms with Crippen LogP contribution in [-0.4, -0.2) is 60.3 Å². The van der Waals surface area contributed by atoms with Crippen molar-refractivity contribution in [3.8, 4) is 0 Å². The average molecular weight is 463 g/mol. The maximum absolute atomic E-state index is 12.6. The summed E-state index contributed by atoms with van der Waals surface area (Å²) in [5.41, 5.74) is 1.98. The van der Waals surface area contributed by atoms with E-state index in [1.807, 2.05) is 30.3 Å². The molecule has 12 heteroatoms. The van der Waals surface area contributed by atoms with Gasteiger partial charge >= 0.3 is 5.97 Å². The molecular weight excluding hydrogens is 448 g/mol. The minimum Gasteiger partial charge on any atom is -0.477 e. The molecule has 1 aromatic heterocycles. The van der Waals surface area contributed by atoms with Crippen molar-refractivity contribution < 1.29 is 24.3 Å². The Morgan fingerprint density at radius 1 is 1.27 bits per heavy atom. The van der Waals surface area contributed by atoms with Crippen LogP contribution in [0.5, 0.6) is 0 Å². The zero-order valence-corrected chi connectivity index (χ0v) is 17.6. The van der Waals surface area contributed by atoms with Crippen molar-refractivity contribution in [2.75, 3.05) is 5.75 Å². The Hall–Kier alpha value is -2.70. The zero-order valence-electron chi connectivity index (χ0n) is 15.2. The fourth-order valence-electron chi connectivity index (χ4n) is 3.13. The van der Waals surface area contributed by atoms with Crippen molar-refractivity contribution in [1.29, 1.82) is 0 Å². The number of fused-ring (bicyclic) bond motifs is 1. The normalized spacial score (nSPS) is 20.4. The maximum Gasteiger partial charge on any atom is 0.353 e. The molecule has 30 heavy (non-hydrogen) atoms. The number of β-lactam (4-membered cyclic amide) rings is 1. The van der Waals surface area contributed by atoms with Crippen molar-refractivity contribution in [2.45, 2.75) is 22.2 Å². The van der Waals surface area contributed by atoms with Crippen molar-refractivity contribution in [2.24, 2.45) is 0 Å². The molecule has 2 aromatic rings. The average Bonchev–Trinajstić information content (AvgIpc) is 3.24. The van der Waals surface area contributed by atoms with Gasteiger partial charge in [-0.1, -0.05) is 41.7 Å². The van der Waals surface area contributed by atoms with Crippen LogP contribution < -0.4 is 5.32 Å². The fraction of sp³-hybridized carbons (Fsp3) is 0.222. The molecule has 4 rings (SSSR count). The summed E-state index contributed by atoms with van der Waals surface area (Å²) in [6, 6.07) is 8.27. The monoisotopic (exact) mass is 462 g/mol. The van der Waals surface area contributed by atoms with E-state index in [0.717, 1.165) is 33.6 Å². The number of thioether (sulfide) groups is 2. The van der Waals surface area contributed by atoms with Gasteiger partial charge in [0.25, 0.3) is 5.91 Å². The highest BCUT2D eigenvalue weighted by Gasteiger charge is 2.54. The summed E-state index contributed by atoms with van der Waals surface area (Å²) in [6.07, 6.45) is 0.117. The number of amides is 2. The lowest BCUT2D eigenvalue weighted by atomic mass is 10.0. The number of carbonyl (C=O) groups excluding carboxylic acids is 3. The molecule has 2 N–H and O–H groups in total. The molecule has 3 heterocycles. The number of hydrogen-bond donors (Lipinski definition) is 2. The predicted octanol–water partition coefficient (Wildman–Crippen LogP) is 1.14. The SMILES string of the molecule is O=C(Cc1ccccc1)NC1C(=O)N2C(C(=O)O)=C(C(=O)Sc3nncs3)CS[C@@H]12. The molecule has 2 aliphatic rings. The number of carbonyl (C=O) groups is 4. The maximum atomic E-state index is 12.6. The third-order valence-corrected chi connectivity index (χ3v) is 7.45. The number of aromatic nitrogens is 2. The minimum atomic E-state index is -1.36. The second-order valence-electron chi connectivity index (χ2n) is 6.34. The Morgan fingerprint density at radius 3 is 2.70 bits per heavy atom. The van der Waals surface area contributed by atoms with Crippen molar-refractivity contribution in [1.82, 2.24) is 20.4 Å². The van der Waals surface area contributed by atoms with Crippen molar-refractivity contribution >= 4 is 57.8 Å². The van der Waals surface area contributed by atoms with Gasteiger partial charge in [0.05, 0.1) is 6.42 Å². The number of benzene rings is 1. The molecule has 0 bridgehead atoms. The molecule has 1 fully saturated rings. The third-order valence-electron chi connectivity index (χ3n) is 4.46. The van der Waals surface area contributed by atoms with Gasteiger partial charge in [-0.15, -0.1) is 22.0 Å². The minimum absolute atomic E-state index is 0.0337. The largest absolute Gasteiger partial charge is 0.477 e. The molecule has 1 unspecified atom stereocenters. The summed E-state index contributed by atoms with van der Waals surface area (Å²) in [7, 11) is 0. The Bertz CT molecular complexity index is 1040. The summed E-state index contributed by atoms with van der Waals surface area (Å²) in [4.78, 5) is 50.5. The summed E-state index contributed by atoms with van der Waals surface area (Å²) in [5, 5.41) is 18.7. The highest BCUT2D eigenvalue weighted by molar-refractivity contribution is 8.15. The van der Waals surface area contributed by atoms with Crippen molar-refractivity contribution in [3.05, 3.63) is 52.7 Å². The van der Waals surface area contributed by atoms with Gasteiger partial charge < -0.3 is 10.4 Å². The van der Waals surface area contributed by atoms with Crippen LogP contribution in [0, 0.1) is 0 Å². The molecule has 1 saturated heterocycles. The summed E-state index contributed by atoms with van der Waals surface area (Å²) >= 11 is 3.19. The number of hydrogen-bond acceptors (Lipinski definition) is 9. The predicted molar refractivity (Wildman–Crippen MR) is 111 cm³/mol. The molecule has 1 aromatic carbocycles. The van der Waals surface area contributed by atoms with Crippen LogP contribution in [0.3, 0.4) is 0 Å². The first-order chi connectivity index (χ1) is 14.5. The Labute approximate surface area is 182 Å². The molecule has 2 atom stereocenters. The van der Waals surface area contributed by atoms with E-state index in [-0.39, 0.29) is 29.4 Å². The first-order valence-electron chi connectivity index (χ1n) is 8.68. The number of rotatable bonds is 6. The molecule has 154 valence electrons. The Kier molecular flexibility index (Phi) is 5.88. The molecule has 2 aliphatic heterocycles. The van der Waals surface area contributed by atoms with Gasteiger partial charge in [-0.25, -0.2) is 4.79 Å². The highest BCUT2D eigenvalue weighted by atomic mass is 32.2. The van der Waals surface area contributed by atoms with E-state index in [9.17, 15) is 24.3 Å². The lowest BCUT2D eigenvalue weighted by Crippen LogP contribution is -2.70. The summed E-state index contributed by atoms with van der Waals surface area (Å²) in [6.45, 7) is 0. The molecule has 9 nitrogen and oxygen atoms in total. The second kappa shape index (κ2) is 8.58. The summed E-state index contributed by atoms with van der Waals surface area (Å²) in [5.74, 6) is -2.11. The number of aliphatic carboxylic acids is 1. The van der Waals surface area contributed by atoms with Gasteiger partial charge in [0, 0.05) is 11.3 Å². The second-order valence-corrected chi connectivity index (χ2v) is 9.50. The molecule has 2 amide bonds. The van der Waals surface area contributed by atoms with Crippen LogP contribution in [-0.2, 0) is 25.6 Å². The fourth-order valence-corrected chi connectivity index (χ4v) is 5.93. The number of carboxylic acids is 1. The molecule has 0 aliphatic carbocycles. The smallest absolute Gasteiger partial charge is 0.353 e. The van der Waals surface area contributed by atoms with Crippen molar-refractivity contribution in [3.63, 3.8) is 0 Å². The zero-order chi connectivity index (χ0) is 21.3. The standard InChI is InChI=1S/C18H14N4O5S3/c23-11(6-9-4-2-1-3-5-9)20-12-14(24)22-13(16(25)26)10(7-28-15(12)22)17(27)30-18-21-19-8-29-18/h1-5,8,12,15H,6-7H2,(H,20,23)(H,25,26)/t12?,15-/m0/s1. The highest BCUT2D eigenvalue weighted by Crippen LogP contribution is 2.42. The van der Waals surface area contributed by atoms with E-state index in [1.54, 1.807) is 0 Å². The van der Waals surface area contributed by atoms with E-state index in [2.05, 4.69) is 15.5 Å². The number of nitrogens with zero attached hydrogens (tertiary/aromatic N) is 3. The van der Waals surface area contributed by atoms with E-state index in [0.29, 0.717) is 4.34 Å². The molecule has 0 spiro atoms. The van der Waals surface area contributed by atoms with Crippen LogP contribution >= 0.6 is 34.9 Å². The number of carboxylic acid groups (broad SMARTS) is 1. The molecule has 0 radical (unpaired) electrons. The van der Waals surface area contributed by atoms with Crippen LogP contribution in [0.25, 0.3) is 0 Å². The lowest BCUT2D eigenvalue weighted by molar-refractivity contribution is -0.150. The number of nitrogens with one attached hydrogen (secondary N) is 1. The summed E-state index contributed by atoms with van der Waals surface area (Å²) < 4.78 is 0.394. The van der Waals surface area contributed by atoms with E-state index >= 15 is 0 Å². The van der Waals surface area contributed by atoms with E-state index < -0.39 is 28.4 Å². The van der Waals surface area contributed by atoms with Gasteiger partial charge in [0.15, 0.2) is 4.34 Å². The van der Waals surface area contributed by atoms with Crippen LogP contribution in [0.15, 0.2) is 51.5 Å². The van der Waals surface area contributed by atoms with Crippen LogP contribution in [0.1, 0.15) is 5.56 Å². The Morgan fingerprint density at radius 2 is 2.03 bits per heavy atom. The first kappa shape index (κ1) is 20.6. The van der Waals surface area contributed by atoms with Gasteiger partial charge in [0.1, 0.15) is 22.6 Å². The Balaban J connectivity index is 1.48.